The fourth-order valence-electron chi connectivity index (χ4n) is 2.76. The number of hydrogen-bond acceptors (Lipinski definition) is 4. The van der Waals surface area contributed by atoms with Gasteiger partial charge in [0.1, 0.15) is 6.54 Å². The third kappa shape index (κ3) is 3.98. The van der Waals surface area contributed by atoms with Gasteiger partial charge in [0, 0.05) is 10.4 Å². The molecule has 0 unspecified atom stereocenters. The number of nitrogens with zero attached hydrogens (tertiary/aromatic N) is 2. The van der Waals surface area contributed by atoms with Crippen LogP contribution in [0.5, 0.6) is 0 Å². The van der Waals surface area contributed by atoms with E-state index in [1.165, 1.54) is 12.1 Å². The van der Waals surface area contributed by atoms with E-state index >= 15 is 0 Å². The van der Waals surface area contributed by atoms with Gasteiger partial charge in [-0.05, 0) is 30.7 Å². The monoisotopic (exact) mass is 385 g/mol. The van der Waals surface area contributed by atoms with Crippen molar-refractivity contribution in [3.8, 4) is 0 Å². The molecule has 0 saturated heterocycles. The number of halogens is 1. The van der Waals surface area contributed by atoms with Crippen LogP contribution in [0.4, 0.5) is 0 Å². The van der Waals surface area contributed by atoms with Gasteiger partial charge < -0.3 is 10.4 Å². The Hall–Kier alpha value is -3.19. The lowest BCUT2D eigenvalue weighted by atomic mass is 10.1. The van der Waals surface area contributed by atoms with Crippen LogP contribution in [-0.4, -0.2) is 26.8 Å². The second-order valence-corrected chi connectivity index (χ2v) is 6.44. The summed E-state index contributed by atoms with van der Waals surface area (Å²) < 4.78 is 0.871. The second kappa shape index (κ2) is 7.59. The van der Waals surface area contributed by atoms with E-state index in [4.69, 9.17) is 11.6 Å². The molecule has 0 bridgehead atoms. The first-order valence-corrected chi connectivity index (χ1v) is 8.52. The Kier molecular flexibility index (Phi) is 5.23. The zero-order valence-electron chi connectivity index (χ0n) is 14.3. The Balaban J connectivity index is 1.86. The Morgan fingerprint density at radius 3 is 2.41 bits per heavy atom. The zero-order valence-corrected chi connectivity index (χ0v) is 15.1. The molecular weight excluding hydrogens is 370 g/mol. The maximum absolute atomic E-state index is 12.5. The summed E-state index contributed by atoms with van der Waals surface area (Å²) in [6, 6.07) is 13.0. The largest absolute Gasteiger partial charge is 0.476 e. The van der Waals surface area contributed by atoms with E-state index in [2.05, 4.69) is 10.4 Å². The summed E-state index contributed by atoms with van der Waals surface area (Å²) in [4.78, 5) is 36.4. The molecule has 3 rings (SSSR count). The number of aromatic nitrogens is 2. The molecule has 1 atom stereocenters. The third-order valence-corrected chi connectivity index (χ3v) is 4.36. The van der Waals surface area contributed by atoms with E-state index in [1.54, 1.807) is 43.3 Å². The summed E-state index contributed by atoms with van der Waals surface area (Å²) in [6.45, 7) is 1.41. The van der Waals surface area contributed by atoms with E-state index in [-0.39, 0.29) is 29.1 Å². The smallest absolute Gasteiger partial charge is 0.357 e. The van der Waals surface area contributed by atoms with Crippen LogP contribution in [-0.2, 0) is 11.3 Å². The van der Waals surface area contributed by atoms with E-state index in [1.807, 2.05) is 0 Å². The molecule has 2 aromatic carbocycles. The highest BCUT2D eigenvalue weighted by Gasteiger charge is 2.18. The molecule has 0 saturated carbocycles. The number of aromatic carboxylic acids is 1. The molecular formula is C19H16ClN3O4. The van der Waals surface area contributed by atoms with Gasteiger partial charge in [-0.3, -0.25) is 9.59 Å². The number of carboxylic acid groups (broad SMARTS) is 1. The van der Waals surface area contributed by atoms with Gasteiger partial charge in [0.2, 0.25) is 5.91 Å². The number of carbonyl (C=O) groups excluding carboxylic acids is 1. The average molecular weight is 386 g/mol. The highest BCUT2D eigenvalue weighted by molar-refractivity contribution is 6.30. The first-order chi connectivity index (χ1) is 12.9. The van der Waals surface area contributed by atoms with Crippen molar-refractivity contribution in [1.82, 2.24) is 15.1 Å². The molecule has 27 heavy (non-hydrogen) atoms. The molecule has 0 radical (unpaired) electrons. The molecule has 1 aromatic heterocycles. The van der Waals surface area contributed by atoms with Crippen molar-refractivity contribution >= 4 is 34.2 Å². The van der Waals surface area contributed by atoms with E-state index in [0.717, 1.165) is 10.2 Å². The number of nitrogens with one attached hydrogen (secondary N) is 1. The number of carboxylic acids is 1. The minimum absolute atomic E-state index is 0.198. The number of fused-ring (bicyclic) bond motifs is 1. The van der Waals surface area contributed by atoms with Crippen molar-refractivity contribution in [3.63, 3.8) is 0 Å². The molecule has 1 heterocycles. The van der Waals surface area contributed by atoms with Gasteiger partial charge in [-0.2, -0.15) is 5.10 Å². The van der Waals surface area contributed by atoms with Crippen molar-refractivity contribution in [2.24, 2.45) is 0 Å². The molecule has 1 amide bonds. The van der Waals surface area contributed by atoms with Gasteiger partial charge in [-0.25, -0.2) is 9.48 Å². The summed E-state index contributed by atoms with van der Waals surface area (Å²) in [5.41, 5.74) is 0.0476. The minimum atomic E-state index is -1.27. The minimum Gasteiger partial charge on any atom is -0.476 e. The summed E-state index contributed by atoms with van der Waals surface area (Å²) in [5, 5.41) is 17.0. The Morgan fingerprint density at radius 2 is 1.78 bits per heavy atom. The number of rotatable bonds is 5. The maximum Gasteiger partial charge on any atom is 0.357 e. The number of hydrogen-bond donors (Lipinski definition) is 2. The zero-order chi connectivity index (χ0) is 19.6. The first-order valence-electron chi connectivity index (χ1n) is 8.15. The normalized spacial score (nSPS) is 11.9. The molecule has 138 valence electrons. The molecule has 0 spiro atoms. The van der Waals surface area contributed by atoms with Crippen molar-refractivity contribution in [2.45, 2.75) is 19.5 Å². The highest BCUT2D eigenvalue weighted by Crippen LogP contribution is 2.16. The Labute approximate surface area is 159 Å². The van der Waals surface area contributed by atoms with E-state index in [0.29, 0.717) is 5.02 Å². The average Bonchev–Trinajstić information content (AvgIpc) is 2.64. The molecule has 8 heteroatoms. The predicted molar refractivity (Wildman–Crippen MR) is 101 cm³/mol. The van der Waals surface area contributed by atoms with Crippen LogP contribution in [0.3, 0.4) is 0 Å². The van der Waals surface area contributed by atoms with Crippen LogP contribution in [0.15, 0.2) is 53.3 Å². The Bertz CT molecular complexity index is 1080. The van der Waals surface area contributed by atoms with Crippen molar-refractivity contribution in [1.29, 1.82) is 0 Å². The second-order valence-electron chi connectivity index (χ2n) is 6.00. The summed E-state index contributed by atoms with van der Waals surface area (Å²) in [6.07, 6.45) is 0. The summed E-state index contributed by atoms with van der Waals surface area (Å²) >= 11 is 5.85. The van der Waals surface area contributed by atoms with Gasteiger partial charge >= 0.3 is 5.97 Å². The molecule has 2 N–H and O–H groups in total. The lowest BCUT2D eigenvalue weighted by molar-refractivity contribution is -0.122. The third-order valence-electron chi connectivity index (χ3n) is 4.11. The predicted octanol–water partition coefficient (Wildman–Crippen LogP) is 2.63. The van der Waals surface area contributed by atoms with Crippen molar-refractivity contribution < 1.29 is 14.7 Å². The lowest BCUT2D eigenvalue weighted by Gasteiger charge is -2.15. The van der Waals surface area contributed by atoms with Crippen LogP contribution >= 0.6 is 11.6 Å². The Morgan fingerprint density at radius 1 is 1.15 bits per heavy atom. The van der Waals surface area contributed by atoms with Gasteiger partial charge in [-0.15, -0.1) is 0 Å². The molecule has 3 aromatic rings. The SMILES string of the molecule is C[C@@H](NC(=O)Cn1nc(C(=O)O)c2ccccc2c1=O)c1ccc(Cl)cc1. The maximum atomic E-state index is 12.5. The topological polar surface area (TPSA) is 101 Å². The van der Waals surface area contributed by atoms with Crippen LogP contribution in [0.1, 0.15) is 29.0 Å². The number of benzene rings is 2. The van der Waals surface area contributed by atoms with Crippen LogP contribution in [0, 0.1) is 0 Å². The quantitative estimate of drug-likeness (QED) is 0.703. The van der Waals surface area contributed by atoms with Gasteiger partial charge in [0.05, 0.1) is 11.4 Å². The van der Waals surface area contributed by atoms with E-state index < -0.39 is 17.4 Å². The number of carbonyl (C=O) groups is 2. The molecule has 0 fully saturated rings. The highest BCUT2D eigenvalue weighted by atomic mass is 35.5. The fraction of sp³-hybridized carbons (Fsp3) is 0.158. The molecule has 0 aliphatic carbocycles. The summed E-state index contributed by atoms with van der Waals surface area (Å²) in [5.74, 6) is -1.73. The van der Waals surface area contributed by atoms with Gasteiger partial charge in [0.25, 0.3) is 5.56 Å². The molecule has 7 nitrogen and oxygen atoms in total. The molecule has 0 aliphatic heterocycles. The van der Waals surface area contributed by atoms with Crippen LogP contribution < -0.4 is 10.9 Å². The van der Waals surface area contributed by atoms with Gasteiger partial charge in [-0.1, -0.05) is 41.9 Å². The molecule has 0 aliphatic rings. The summed E-state index contributed by atoms with van der Waals surface area (Å²) in [7, 11) is 0. The first kappa shape index (κ1) is 18.6. The standard InChI is InChI=1S/C19H16ClN3O4/c1-11(12-6-8-13(20)9-7-12)21-16(24)10-23-18(25)15-5-3-2-4-14(15)17(22-23)19(26)27/h2-9,11H,10H2,1H3,(H,21,24)(H,26,27)/t11-/m1/s1. The van der Waals surface area contributed by atoms with Crippen LogP contribution in [0.2, 0.25) is 5.02 Å². The van der Waals surface area contributed by atoms with E-state index in [9.17, 15) is 19.5 Å². The lowest BCUT2D eigenvalue weighted by Crippen LogP contribution is -2.35. The van der Waals surface area contributed by atoms with Crippen LogP contribution in [0.25, 0.3) is 10.8 Å². The fourth-order valence-corrected chi connectivity index (χ4v) is 2.88. The van der Waals surface area contributed by atoms with Crippen molar-refractivity contribution in [3.05, 3.63) is 75.2 Å². The number of amides is 1. The van der Waals surface area contributed by atoms with Gasteiger partial charge in [0.15, 0.2) is 5.69 Å². The van der Waals surface area contributed by atoms with Crippen molar-refractivity contribution in [2.75, 3.05) is 0 Å².